The van der Waals surface area contributed by atoms with Crippen molar-refractivity contribution in [2.24, 2.45) is 0 Å². The van der Waals surface area contributed by atoms with E-state index in [1.165, 1.54) is 0 Å². The van der Waals surface area contributed by atoms with Crippen LogP contribution in [0.2, 0.25) is 0 Å². The molecule has 1 aliphatic rings. The van der Waals surface area contributed by atoms with Crippen molar-refractivity contribution >= 4 is 11.6 Å². The molecule has 2 atom stereocenters. The van der Waals surface area contributed by atoms with E-state index in [1.807, 2.05) is 38.7 Å². The molecule has 2 N–H and O–H groups in total. The van der Waals surface area contributed by atoms with Gasteiger partial charge in [0.05, 0.1) is 18.8 Å². The number of carbonyl (C=O) groups excluding carboxylic acids is 1. The number of hydrogen-bond donors (Lipinski definition) is 1. The molecule has 0 aromatic heterocycles. The summed E-state index contributed by atoms with van der Waals surface area (Å²) in [6.45, 7) is 9.13. The van der Waals surface area contributed by atoms with E-state index in [-0.39, 0.29) is 18.1 Å². The van der Waals surface area contributed by atoms with Gasteiger partial charge in [-0.25, -0.2) is 0 Å². The Labute approximate surface area is 114 Å². The molecule has 1 heterocycles. The summed E-state index contributed by atoms with van der Waals surface area (Å²) in [7, 11) is 0. The van der Waals surface area contributed by atoms with Crippen LogP contribution < -0.4 is 5.73 Å². The van der Waals surface area contributed by atoms with E-state index in [1.54, 1.807) is 6.07 Å². The SMILES string of the molecule is Cc1cc(C)c(C(=O)N2CC(C)OCC2C)cc1N. The molecule has 0 aliphatic carbocycles. The maximum Gasteiger partial charge on any atom is 0.254 e. The average Bonchev–Trinajstić information content (AvgIpc) is 2.36. The molecule has 2 rings (SSSR count). The normalized spacial score (nSPS) is 23.5. The summed E-state index contributed by atoms with van der Waals surface area (Å²) >= 11 is 0. The highest BCUT2D eigenvalue weighted by Crippen LogP contribution is 2.22. The van der Waals surface area contributed by atoms with Gasteiger partial charge in [-0.2, -0.15) is 0 Å². The van der Waals surface area contributed by atoms with E-state index in [4.69, 9.17) is 10.5 Å². The number of morpholine rings is 1. The molecule has 4 heteroatoms. The lowest BCUT2D eigenvalue weighted by Gasteiger charge is -2.37. The fraction of sp³-hybridized carbons (Fsp3) is 0.533. The van der Waals surface area contributed by atoms with Crippen LogP contribution in [0.25, 0.3) is 0 Å². The molecule has 0 radical (unpaired) electrons. The van der Waals surface area contributed by atoms with Gasteiger partial charge < -0.3 is 15.4 Å². The first-order valence-electron chi connectivity index (χ1n) is 6.69. The number of benzene rings is 1. The molecule has 19 heavy (non-hydrogen) atoms. The van der Waals surface area contributed by atoms with Crippen LogP contribution in [0.1, 0.15) is 35.3 Å². The number of aryl methyl sites for hydroxylation is 2. The van der Waals surface area contributed by atoms with Gasteiger partial charge in [0.2, 0.25) is 0 Å². The number of anilines is 1. The zero-order valence-electron chi connectivity index (χ0n) is 12.1. The smallest absolute Gasteiger partial charge is 0.254 e. The first-order valence-corrected chi connectivity index (χ1v) is 6.69. The third-order valence-corrected chi connectivity index (χ3v) is 3.71. The predicted molar refractivity (Wildman–Crippen MR) is 76.2 cm³/mol. The maximum atomic E-state index is 12.7. The minimum Gasteiger partial charge on any atom is -0.398 e. The van der Waals surface area contributed by atoms with Gasteiger partial charge in [-0.15, -0.1) is 0 Å². The third-order valence-electron chi connectivity index (χ3n) is 3.71. The molecule has 1 amide bonds. The summed E-state index contributed by atoms with van der Waals surface area (Å²) in [6.07, 6.45) is 0.0863. The second-order valence-corrected chi connectivity index (χ2v) is 5.47. The van der Waals surface area contributed by atoms with Crippen molar-refractivity contribution in [2.45, 2.75) is 39.8 Å². The van der Waals surface area contributed by atoms with Crippen LogP contribution in [-0.2, 0) is 4.74 Å². The Kier molecular flexibility index (Phi) is 3.80. The molecule has 1 saturated heterocycles. The Balaban J connectivity index is 2.31. The molecular formula is C15H22N2O2. The largest absolute Gasteiger partial charge is 0.398 e. The first-order chi connectivity index (χ1) is 8.90. The monoisotopic (exact) mass is 262 g/mol. The Morgan fingerprint density at radius 3 is 2.68 bits per heavy atom. The Bertz CT molecular complexity index is 499. The first kappa shape index (κ1) is 13.9. The van der Waals surface area contributed by atoms with Crippen molar-refractivity contribution < 1.29 is 9.53 Å². The van der Waals surface area contributed by atoms with Gasteiger partial charge in [-0.3, -0.25) is 4.79 Å². The predicted octanol–water partition coefficient (Wildman–Crippen LogP) is 2.14. The van der Waals surface area contributed by atoms with Crippen molar-refractivity contribution in [3.63, 3.8) is 0 Å². The number of nitrogens with two attached hydrogens (primary N) is 1. The summed E-state index contributed by atoms with van der Waals surface area (Å²) in [4.78, 5) is 14.5. The van der Waals surface area contributed by atoms with Crippen LogP contribution in [0.4, 0.5) is 5.69 Å². The second-order valence-electron chi connectivity index (χ2n) is 5.47. The lowest BCUT2D eigenvalue weighted by atomic mass is 10.0. The van der Waals surface area contributed by atoms with E-state index in [0.29, 0.717) is 24.4 Å². The van der Waals surface area contributed by atoms with Crippen LogP contribution >= 0.6 is 0 Å². The molecule has 0 saturated carbocycles. The third kappa shape index (κ3) is 2.73. The van der Waals surface area contributed by atoms with E-state index in [0.717, 1.165) is 11.1 Å². The highest BCUT2D eigenvalue weighted by atomic mass is 16.5. The van der Waals surface area contributed by atoms with Gasteiger partial charge >= 0.3 is 0 Å². The van der Waals surface area contributed by atoms with Gasteiger partial charge in [-0.1, -0.05) is 6.07 Å². The average molecular weight is 262 g/mol. The summed E-state index contributed by atoms with van der Waals surface area (Å²) < 4.78 is 5.56. The zero-order chi connectivity index (χ0) is 14.2. The van der Waals surface area contributed by atoms with Crippen LogP contribution in [0.3, 0.4) is 0 Å². The molecule has 104 valence electrons. The molecule has 0 spiro atoms. The minimum atomic E-state index is 0.0480. The summed E-state index contributed by atoms with van der Waals surface area (Å²) in [6, 6.07) is 3.86. The maximum absolute atomic E-state index is 12.7. The quantitative estimate of drug-likeness (QED) is 0.789. The highest BCUT2D eigenvalue weighted by Gasteiger charge is 2.29. The molecule has 4 nitrogen and oxygen atoms in total. The lowest BCUT2D eigenvalue weighted by Crippen LogP contribution is -2.50. The molecule has 1 aromatic carbocycles. The Morgan fingerprint density at radius 2 is 2.00 bits per heavy atom. The fourth-order valence-corrected chi connectivity index (χ4v) is 2.44. The Hall–Kier alpha value is -1.55. The molecular weight excluding hydrogens is 240 g/mol. The van der Waals surface area contributed by atoms with Gasteiger partial charge in [-0.05, 0) is 44.9 Å². The number of hydrogen-bond acceptors (Lipinski definition) is 3. The van der Waals surface area contributed by atoms with Crippen molar-refractivity contribution in [3.8, 4) is 0 Å². The fourth-order valence-electron chi connectivity index (χ4n) is 2.44. The lowest BCUT2D eigenvalue weighted by molar-refractivity contribution is -0.0387. The van der Waals surface area contributed by atoms with E-state index < -0.39 is 0 Å². The van der Waals surface area contributed by atoms with Crippen molar-refractivity contribution in [1.82, 2.24) is 4.90 Å². The van der Waals surface area contributed by atoms with Gasteiger partial charge in [0.25, 0.3) is 5.91 Å². The molecule has 1 fully saturated rings. The van der Waals surface area contributed by atoms with Crippen molar-refractivity contribution in [1.29, 1.82) is 0 Å². The molecule has 0 bridgehead atoms. The van der Waals surface area contributed by atoms with Crippen LogP contribution in [-0.4, -0.2) is 36.1 Å². The number of rotatable bonds is 1. The van der Waals surface area contributed by atoms with Crippen molar-refractivity contribution in [3.05, 3.63) is 28.8 Å². The van der Waals surface area contributed by atoms with Crippen molar-refractivity contribution in [2.75, 3.05) is 18.9 Å². The molecule has 1 aliphatic heterocycles. The standard InChI is InChI=1S/C15H22N2O2/c1-9-5-10(2)14(16)6-13(9)15(18)17-7-12(4)19-8-11(17)3/h5-6,11-12H,7-8,16H2,1-4H3. The summed E-state index contributed by atoms with van der Waals surface area (Å²) in [5.41, 5.74) is 9.28. The molecule has 1 aromatic rings. The summed E-state index contributed by atoms with van der Waals surface area (Å²) in [5.74, 6) is 0.0480. The van der Waals surface area contributed by atoms with E-state index >= 15 is 0 Å². The zero-order valence-corrected chi connectivity index (χ0v) is 12.1. The topological polar surface area (TPSA) is 55.6 Å². The second kappa shape index (κ2) is 5.21. The number of ether oxygens (including phenoxy) is 1. The minimum absolute atomic E-state index is 0.0480. The molecule has 2 unspecified atom stereocenters. The van der Waals surface area contributed by atoms with Crippen LogP contribution in [0, 0.1) is 13.8 Å². The number of carbonyl (C=O) groups is 1. The van der Waals surface area contributed by atoms with Gasteiger partial charge in [0.1, 0.15) is 0 Å². The van der Waals surface area contributed by atoms with Gasteiger partial charge in [0, 0.05) is 17.8 Å². The van der Waals surface area contributed by atoms with Crippen LogP contribution in [0.15, 0.2) is 12.1 Å². The van der Waals surface area contributed by atoms with Gasteiger partial charge in [0.15, 0.2) is 0 Å². The Morgan fingerprint density at radius 1 is 1.32 bits per heavy atom. The number of nitrogen functional groups attached to an aromatic ring is 1. The number of amides is 1. The number of nitrogens with zero attached hydrogens (tertiary/aromatic N) is 1. The highest BCUT2D eigenvalue weighted by molar-refractivity contribution is 5.97. The van der Waals surface area contributed by atoms with E-state index in [2.05, 4.69) is 0 Å². The summed E-state index contributed by atoms with van der Waals surface area (Å²) in [5, 5.41) is 0. The van der Waals surface area contributed by atoms with E-state index in [9.17, 15) is 4.79 Å². The van der Waals surface area contributed by atoms with Crippen LogP contribution in [0.5, 0.6) is 0 Å².